The van der Waals surface area contributed by atoms with Crippen LogP contribution in [0.25, 0.3) is 0 Å². The predicted octanol–water partition coefficient (Wildman–Crippen LogP) is 3.93. The minimum absolute atomic E-state index is 0.119. The van der Waals surface area contributed by atoms with Crippen molar-refractivity contribution in [2.45, 2.75) is 38.5 Å². The van der Waals surface area contributed by atoms with Crippen molar-refractivity contribution in [1.29, 1.82) is 5.26 Å². The number of ether oxygens (including phenoxy) is 1. The predicted molar refractivity (Wildman–Crippen MR) is 109 cm³/mol. The van der Waals surface area contributed by atoms with Crippen molar-refractivity contribution in [2.24, 2.45) is 5.92 Å². The van der Waals surface area contributed by atoms with E-state index in [1.165, 1.54) is 12.1 Å². The Morgan fingerprint density at radius 1 is 1.17 bits per heavy atom. The molecule has 2 aromatic heterocycles. The molecule has 2 aliphatic heterocycles. The molecule has 1 N–H and O–H groups in total. The number of nitrogens with zero attached hydrogens (tertiary/aromatic N) is 3. The van der Waals surface area contributed by atoms with Gasteiger partial charge < -0.3 is 19.4 Å². The number of hydrogen-bond donors (Lipinski definition) is 1. The maximum atomic E-state index is 12.6. The molecule has 7 nitrogen and oxygen atoms in total. The molecule has 29 heavy (non-hydrogen) atoms. The minimum atomic E-state index is -0.376. The summed E-state index contributed by atoms with van der Waals surface area (Å²) < 4.78 is 10.8. The lowest BCUT2D eigenvalue weighted by Gasteiger charge is -2.33. The largest absolute Gasteiger partial charge is 0.440 e. The van der Waals surface area contributed by atoms with Crippen molar-refractivity contribution < 1.29 is 13.9 Å². The summed E-state index contributed by atoms with van der Waals surface area (Å²) in [5, 5.41) is 11.8. The second-order valence-corrected chi connectivity index (χ2v) is 7.89. The fraction of sp³-hybridized carbons (Fsp3) is 0.500. The number of nitriles is 1. The first kappa shape index (κ1) is 19.5. The van der Waals surface area contributed by atoms with Crippen LogP contribution in [0.2, 0.25) is 0 Å². The SMILES string of the molecule is CC1CCN(c2nc(C3CCOCC3)ccc2NC(=O)c2ccc(C#N)o2)CC1. The average molecular weight is 394 g/mol. The van der Waals surface area contributed by atoms with Crippen LogP contribution in [0.1, 0.15) is 60.5 Å². The van der Waals surface area contributed by atoms with Crippen molar-refractivity contribution in [3.05, 3.63) is 41.5 Å². The Morgan fingerprint density at radius 3 is 2.62 bits per heavy atom. The van der Waals surface area contributed by atoms with Crippen molar-refractivity contribution in [3.63, 3.8) is 0 Å². The summed E-state index contributed by atoms with van der Waals surface area (Å²) in [7, 11) is 0. The first-order valence-corrected chi connectivity index (χ1v) is 10.3. The first-order chi connectivity index (χ1) is 14.1. The Labute approximate surface area is 170 Å². The number of rotatable bonds is 4. The molecular weight excluding hydrogens is 368 g/mol. The van der Waals surface area contributed by atoms with Crippen LogP contribution in [0, 0.1) is 17.2 Å². The summed E-state index contributed by atoms with van der Waals surface area (Å²) in [5.74, 6) is 1.77. The van der Waals surface area contributed by atoms with E-state index in [0.717, 1.165) is 63.5 Å². The number of furan rings is 1. The fourth-order valence-electron chi connectivity index (χ4n) is 3.95. The van der Waals surface area contributed by atoms with Gasteiger partial charge in [-0.1, -0.05) is 6.92 Å². The maximum absolute atomic E-state index is 12.6. The molecule has 0 aromatic carbocycles. The molecule has 0 bridgehead atoms. The van der Waals surface area contributed by atoms with Crippen LogP contribution in [0.15, 0.2) is 28.7 Å². The van der Waals surface area contributed by atoms with Crippen molar-refractivity contribution in [1.82, 2.24) is 4.98 Å². The van der Waals surface area contributed by atoms with E-state index < -0.39 is 0 Å². The quantitative estimate of drug-likeness (QED) is 0.845. The van der Waals surface area contributed by atoms with E-state index in [1.807, 2.05) is 18.2 Å². The highest BCUT2D eigenvalue weighted by Crippen LogP contribution is 2.33. The molecule has 0 saturated carbocycles. The standard InChI is InChI=1S/C22H26N4O3/c1-15-6-10-26(11-7-15)21-19(25-22(27)20-5-2-17(14-23)29-20)4-3-18(24-21)16-8-12-28-13-9-16/h2-5,15-16H,6-13H2,1H3,(H,25,27). The lowest BCUT2D eigenvalue weighted by Crippen LogP contribution is -2.34. The van der Waals surface area contributed by atoms with E-state index in [-0.39, 0.29) is 17.4 Å². The monoisotopic (exact) mass is 394 g/mol. The third-order valence-electron chi connectivity index (χ3n) is 5.81. The molecule has 2 saturated heterocycles. The number of pyridine rings is 1. The van der Waals surface area contributed by atoms with Gasteiger partial charge in [0.15, 0.2) is 11.6 Å². The summed E-state index contributed by atoms with van der Waals surface area (Å²) in [5.41, 5.74) is 1.74. The molecule has 4 heterocycles. The van der Waals surface area contributed by atoms with Crippen LogP contribution in [0.4, 0.5) is 11.5 Å². The van der Waals surface area contributed by atoms with Crippen LogP contribution in [0.5, 0.6) is 0 Å². The lowest BCUT2D eigenvalue weighted by molar-refractivity contribution is 0.0845. The van der Waals surface area contributed by atoms with Gasteiger partial charge in [-0.25, -0.2) is 4.98 Å². The number of aromatic nitrogens is 1. The second kappa shape index (κ2) is 8.66. The van der Waals surface area contributed by atoms with Crippen LogP contribution in [-0.4, -0.2) is 37.2 Å². The van der Waals surface area contributed by atoms with Crippen LogP contribution < -0.4 is 10.2 Å². The van der Waals surface area contributed by atoms with E-state index in [9.17, 15) is 4.79 Å². The Hall–Kier alpha value is -2.85. The van der Waals surface area contributed by atoms with E-state index in [0.29, 0.717) is 17.5 Å². The summed E-state index contributed by atoms with van der Waals surface area (Å²) in [4.78, 5) is 19.9. The summed E-state index contributed by atoms with van der Waals surface area (Å²) >= 11 is 0. The average Bonchev–Trinajstić information content (AvgIpc) is 3.25. The van der Waals surface area contributed by atoms with E-state index >= 15 is 0 Å². The molecule has 2 fully saturated rings. The lowest BCUT2D eigenvalue weighted by atomic mass is 9.95. The van der Waals surface area contributed by atoms with Crippen LogP contribution >= 0.6 is 0 Å². The number of anilines is 2. The summed E-state index contributed by atoms with van der Waals surface area (Å²) in [6.45, 7) is 5.65. The van der Waals surface area contributed by atoms with Crippen LogP contribution in [0.3, 0.4) is 0 Å². The number of hydrogen-bond acceptors (Lipinski definition) is 6. The molecule has 0 unspecified atom stereocenters. The Bertz CT molecular complexity index is 903. The Balaban J connectivity index is 1.60. The van der Waals surface area contributed by atoms with E-state index in [1.54, 1.807) is 0 Å². The van der Waals surface area contributed by atoms with Gasteiger partial charge in [0.2, 0.25) is 5.76 Å². The zero-order valence-corrected chi connectivity index (χ0v) is 16.7. The van der Waals surface area contributed by atoms with Gasteiger partial charge in [-0.05, 0) is 55.9 Å². The third kappa shape index (κ3) is 4.43. The topological polar surface area (TPSA) is 91.4 Å². The molecule has 2 aromatic rings. The molecule has 2 aliphatic rings. The number of amides is 1. The van der Waals surface area contributed by atoms with Gasteiger partial charge in [0.1, 0.15) is 6.07 Å². The van der Waals surface area contributed by atoms with Crippen molar-refractivity contribution in [2.75, 3.05) is 36.5 Å². The van der Waals surface area contributed by atoms with Crippen LogP contribution in [-0.2, 0) is 4.74 Å². The van der Waals surface area contributed by atoms with Gasteiger partial charge in [-0.3, -0.25) is 4.79 Å². The van der Waals surface area contributed by atoms with Gasteiger partial charge in [0.25, 0.3) is 5.91 Å². The van der Waals surface area contributed by atoms with Gasteiger partial charge >= 0.3 is 0 Å². The number of piperidine rings is 1. The number of carbonyl (C=O) groups is 1. The molecule has 0 radical (unpaired) electrons. The van der Waals surface area contributed by atoms with Gasteiger partial charge in [0, 0.05) is 37.9 Å². The normalized spacial score (nSPS) is 18.4. The molecule has 7 heteroatoms. The minimum Gasteiger partial charge on any atom is -0.440 e. The smallest absolute Gasteiger partial charge is 0.291 e. The first-order valence-electron chi connectivity index (χ1n) is 10.3. The fourth-order valence-corrected chi connectivity index (χ4v) is 3.95. The molecular formula is C22H26N4O3. The molecule has 0 spiro atoms. The van der Waals surface area contributed by atoms with Gasteiger partial charge in [-0.2, -0.15) is 5.26 Å². The van der Waals surface area contributed by atoms with Gasteiger partial charge in [-0.15, -0.1) is 0 Å². The Morgan fingerprint density at radius 2 is 1.93 bits per heavy atom. The zero-order chi connectivity index (χ0) is 20.2. The molecule has 4 rings (SSSR count). The third-order valence-corrected chi connectivity index (χ3v) is 5.81. The number of nitrogens with one attached hydrogen (secondary N) is 1. The van der Waals surface area contributed by atoms with E-state index in [4.69, 9.17) is 19.4 Å². The molecule has 0 aliphatic carbocycles. The zero-order valence-electron chi connectivity index (χ0n) is 16.7. The molecule has 1 amide bonds. The Kier molecular flexibility index (Phi) is 5.81. The highest BCUT2D eigenvalue weighted by atomic mass is 16.5. The van der Waals surface area contributed by atoms with Gasteiger partial charge in [0.05, 0.1) is 5.69 Å². The van der Waals surface area contributed by atoms with Crippen molar-refractivity contribution >= 4 is 17.4 Å². The van der Waals surface area contributed by atoms with Crippen molar-refractivity contribution in [3.8, 4) is 6.07 Å². The molecule has 152 valence electrons. The highest BCUT2D eigenvalue weighted by molar-refractivity contribution is 6.03. The summed E-state index contributed by atoms with van der Waals surface area (Å²) in [6.07, 6.45) is 4.16. The highest BCUT2D eigenvalue weighted by Gasteiger charge is 2.24. The molecule has 0 atom stereocenters. The number of carbonyl (C=O) groups excluding carboxylic acids is 1. The van der Waals surface area contributed by atoms with E-state index in [2.05, 4.69) is 17.1 Å². The second-order valence-electron chi connectivity index (χ2n) is 7.89. The maximum Gasteiger partial charge on any atom is 0.291 e. The summed E-state index contributed by atoms with van der Waals surface area (Å²) in [6, 6.07) is 8.85.